The minimum Gasteiger partial charge on any atom is -0.506 e. The number of rotatable bonds is 3. The fourth-order valence-electron chi connectivity index (χ4n) is 2.53. The maximum Gasteiger partial charge on any atom is 0.501 e. The number of carbonyl (C=O) groups is 1. The Bertz CT molecular complexity index is 1190. The second-order valence-corrected chi connectivity index (χ2v) is 8.08. The lowest BCUT2D eigenvalue weighted by atomic mass is 10.0. The van der Waals surface area contributed by atoms with Gasteiger partial charge in [-0.05, 0) is 29.7 Å². The van der Waals surface area contributed by atoms with E-state index >= 15 is 0 Å². The number of aromatic hydroxyl groups is 1. The molecule has 0 aliphatic heterocycles. The second kappa shape index (κ2) is 6.99. The van der Waals surface area contributed by atoms with E-state index in [2.05, 4.69) is 5.32 Å². The van der Waals surface area contributed by atoms with Crippen LogP contribution in [0.5, 0.6) is 5.75 Å². The van der Waals surface area contributed by atoms with Crippen molar-refractivity contribution in [1.29, 1.82) is 0 Å². The molecule has 0 radical (unpaired) electrons. The van der Waals surface area contributed by atoms with Crippen LogP contribution in [0, 0.1) is 0 Å². The minimum absolute atomic E-state index is 0.0817. The van der Waals surface area contributed by atoms with Crippen LogP contribution in [0.15, 0.2) is 59.5 Å². The van der Waals surface area contributed by atoms with Crippen LogP contribution in [0.3, 0.4) is 0 Å². The zero-order valence-electron chi connectivity index (χ0n) is 13.8. The summed E-state index contributed by atoms with van der Waals surface area (Å²) in [6.45, 7) is 0. The van der Waals surface area contributed by atoms with Crippen LogP contribution in [0.2, 0.25) is 5.02 Å². The number of phenols is 1. The van der Waals surface area contributed by atoms with Gasteiger partial charge in [0, 0.05) is 5.39 Å². The van der Waals surface area contributed by atoms with E-state index in [-0.39, 0.29) is 17.0 Å². The molecule has 0 heterocycles. The Kier molecular flexibility index (Phi) is 4.99. The van der Waals surface area contributed by atoms with Gasteiger partial charge in [0.1, 0.15) is 5.75 Å². The molecule has 0 aliphatic carbocycles. The molecule has 0 aromatic heterocycles. The molecule has 0 saturated heterocycles. The van der Waals surface area contributed by atoms with Gasteiger partial charge in [0.25, 0.3) is 15.7 Å². The molecule has 3 aromatic carbocycles. The summed E-state index contributed by atoms with van der Waals surface area (Å²) in [6.07, 6.45) is 0. The molecule has 2 N–H and O–H groups in total. The number of amides is 1. The lowest BCUT2D eigenvalue weighted by molar-refractivity contribution is -0.0436. The minimum atomic E-state index is -5.56. The predicted octanol–water partition coefficient (Wildman–Crippen LogP) is 4.74. The molecular weight excluding hydrogens is 419 g/mol. The van der Waals surface area contributed by atoms with E-state index in [0.29, 0.717) is 22.9 Å². The first-order valence-electron chi connectivity index (χ1n) is 7.65. The number of sulfone groups is 1. The number of nitrogens with one attached hydrogen (secondary N) is 1. The monoisotopic (exact) mass is 429 g/mol. The van der Waals surface area contributed by atoms with Gasteiger partial charge < -0.3 is 10.4 Å². The Hall–Kier alpha value is -2.78. The highest BCUT2D eigenvalue weighted by Gasteiger charge is 2.47. The maximum absolute atomic E-state index is 12.6. The molecule has 0 aliphatic rings. The lowest BCUT2D eigenvalue weighted by Crippen LogP contribution is -2.23. The summed E-state index contributed by atoms with van der Waals surface area (Å²) in [5.74, 6) is -1.04. The molecule has 5 nitrogen and oxygen atoms in total. The van der Waals surface area contributed by atoms with E-state index in [1.165, 1.54) is 6.07 Å². The van der Waals surface area contributed by atoms with E-state index in [9.17, 15) is 31.5 Å². The van der Waals surface area contributed by atoms with Crippen molar-refractivity contribution < 1.29 is 31.5 Å². The number of halogens is 4. The van der Waals surface area contributed by atoms with Crippen molar-refractivity contribution in [2.45, 2.75) is 10.4 Å². The van der Waals surface area contributed by atoms with Crippen molar-refractivity contribution in [2.75, 3.05) is 5.32 Å². The van der Waals surface area contributed by atoms with Crippen molar-refractivity contribution in [3.63, 3.8) is 0 Å². The highest BCUT2D eigenvalue weighted by molar-refractivity contribution is 7.92. The summed E-state index contributed by atoms with van der Waals surface area (Å²) in [6, 6.07) is 12.0. The van der Waals surface area contributed by atoms with Gasteiger partial charge in [0.05, 0.1) is 21.2 Å². The first-order valence-corrected chi connectivity index (χ1v) is 9.51. The summed E-state index contributed by atoms with van der Waals surface area (Å²) < 4.78 is 60.7. The third kappa shape index (κ3) is 3.50. The quantitative estimate of drug-likeness (QED) is 0.629. The van der Waals surface area contributed by atoms with E-state index in [1.807, 2.05) is 0 Å². The average Bonchev–Trinajstić information content (AvgIpc) is 2.62. The number of anilines is 1. The van der Waals surface area contributed by atoms with Gasteiger partial charge in [-0.25, -0.2) is 8.42 Å². The highest BCUT2D eigenvalue weighted by Crippen LogP contribution is 2.34. The number of hydrogen-bond donors (Lipinski definition) is 2. The van der Waals surface area contributed by atoms with Gasteiger partial charge in [0.15, 0.2) is 0 Å². The first kappa shape index (κ1) is 20.0. The van der Waals surface area contributed by atoms with Crippen molar-refractivity contribution in [2.24, 2.45) is 0 Å². The lowest BCUT2D eigenvalue weighted by Gasteiger charge is -2.12. The molecular formula is C18H11ClF3NO4S. The Morgan fingerprint density at radius 3 is 2.36 bits per heavy atom. The maximum atomic E-state index is 12.6. The van der Waals surface area contributed by atoms with Crippen LogP contribution in [0.4, 0.5) is 18.9 Å². The largest absolute Gasteiger partial charge is 0.506 e. The molecule has 0 spiro atoms. The topological polar surface area (TPSA) is 83.5 Å². The summed E-state index contributed by atoms with van der Waals surface area (Å²) in [5.41, 5.74) is -5.67. The average molecular weight is 430 g/mol. The number of hydrogen-bond acceptors (Lipinski definition) is 4. The van der Waals surface area contributed by atoms with Crippen LogP contribution in [0.1, 0.15) is 10.4 Å². The molecule has 0 fully saturated rings. The number of alkyl halides is 3. The predicted molar refractivity (Wildman–Crippen MR) is 98.3 cm³/mol. The summed E-state index contributed by atoms with van der Waals surface area (Å²) >= 11 is 5.84. The van der Waals surface area contributed by atoms with Crippen molar-refractivity contribution in [3.05, 3.63) is 65.2 Å². The summed E-state index contributed by atoms with van der Waals surface area (Å²) in [5, 5.41) is 13.4. The second-order valence-electron chi connectivity index (χ2n) is 5.73. The smallest absolute Gasteiger partial charge is 0.501 e. The van der Waals surface area contributed by atoms with E-state index in [0.717, 1.165) is 6.07 Å². The molecule has 1 amide bonds. The summed E-state index contributed by atoms with van der Waals surface area (Å²) in [4.78, 5) is 11.4. The normalized spacial score (nSPS) is 12.1. The third-order valence-electron chi connectivity index (χ3n) is 3.95. The van der Waals surface area contributed by atoms with Crippen LogP contribution in [0.25, 0.3) is 10.8 Å². The van der Waals surface area contributed by atoms with Crippen LogP contribution < -0.4 is 5.32 Å². The van der Waals surface area contributed by atoms with Gasteiger partial charge in [-0.3, -0.25) is 4.79 Å². The van der Waals surface area contributed by atoms with Crippen molar-refractivity contribution in [3.8, 4) is 5.75 Å². The van der Waals surface area contributed by atoms with Gasteiger partial charge in [0.2, 0.25) is 0 Å². The van der Waals surface area contributed by atoms with Gasteiger partial charge in [-0.15, -0.1) is 0 Å². The first-order chi connectivity index (χ1) is 13.0. The Balaban J connectivity index is 1.93. The van der Waals surface area contributed by atoms with Crippen LogP contribution in [-0.4, -0.2) is 24.9 Å². The molecule has 28 heavy (non-hydrogen) atoms. The van der Waals surface area contributed by atoms with E-state index in [4.69, 9.17) is 11.6 Å². The number of benzene rings is 3. The zero-order chi connectivity index (χ0) is 20.7. The summed E-state index contributed by atoms with van der Waals surface area (Å²) in [7, 11) is -5.56. The number of carbonyl (C=O) groups excluding carboxylic acids is 1. The van der Waals surface area contributed by atoms with Crippen molar-refractivity contribution >= 4 is 43.8 Å². The molecule has 0 atom stereocenters. The van der Waals surface area contributed by atoms with Crippen LogP contribution >= 0.6 is 11.6 Å². The Morgan fingerprint density at radius 2 is 1.71 bits per heavy atom. The third-order valence-corrected chi connectivity index (χ3v) is 5.75. The zero-order valence-corrected chi connectivity index (χ0v) is 15.4. The number of phenolic OH excluding ortho intramolecular Hbond substituents is 1. The molecule has 0 unspecified atom stereocenters. The fraction of sp³-hybridized carbons (Fsp3) is 0.0556. The van der Waals surface area contributed by atoms with E-state index < -0.39 is 31.2 Å². The SMILES string of the molecule is O=C(Nc1ccc(S(=O)(=O)C(F)(F)F)cc1Cl)c1ccc2ccccc2c1O. The van der Waals surface area contributed by atoms with Gasteiger partial charge in [-0.2, -0.15) is 13.2 Å². The molecule has 3 aromatic rings. The molecule has 0 saturated carbocycles. The molecule has 146 valence electrons. The highest BCUT2D eigenvalue weighted by atomic mass is 35.5. The standard InChI is InChI=1S/C18H11ClF3NO4S/c19-14-9-11(28(26,27)18(20,21)22)6-8-15(14)23-17(25)13-7-5-10-3-1-2-4-12(10)16(13)24/h1-9,24H,(H,23,25). The Morgan fingerprint density at radius 1 is 1.04 bits per heavy atom. The van der Waals surface area contributed by atoms with Crippen molar-refractivity contribution in [1.82, 2.24) is 0 Å². The molecule has 10 heteroatoms. The molecule has 0 bridgehead atoms. The van der Waals surface area contributed by atoms with Crippen LogP contribution in [-0.2, 0) is 9.84 Å². The van der Waals surface area contributed by atoms with E-state index in [1.54, 1.807) is 30.3 Å². The number of fused-ring (bicyclic) bond motifs is 1. The molecule has 3 rings (SSSR count). The van der Waals surface area contributed by atoms with Gasteiger partial charge in [-0.1, -0.05) is 41.9 Å². The Labute approximate surface area is 162 Å². The van der Waals surface area contributed by atoms with Gasteiger partial charge >= 0.3 is 5.51 Å². The fourth-order valence-corrected chi connectivity index (χ4v) is 3.61.